The molecule has 1 aliphatic rings. The summed E-state index contributed by atoms with van der Waals surface area (Å²) in [6, 6.07) is 0. The Kier molecular flexibility index (Phi) is 4.08. The molecule has 1 aliphatic heterocycles. The average molecular weight is 188 g/mol. The molecule has 1 saturated heterocycles. The second-order valence-electron chi connectivity index (χ2n) is 2.42. The molecule has 1 rings (SSSR count). The SMILES string of the molecule is CC(=O)/C=C/CC1SCCS1. The van der Waals surface area contributed by atoms with Crippen LogP contribution in [0, 0.1) is 0 Å². The highest BCUT2D eigenvalue weighted by molar-refractivity contribution is 8.20. The van der Waals surface area contributed by atoms with Gasteiger partial charge in [0.2, 0.25) is 0 Å². The molecule has 0 radical (unpaired) electrons. The van der Waals surface area contributed by atoms with E-state index in [2.05, 4.69) is 0 Å². The fraction of sp³-hybridized carbons (Fsp3) is 0.625. The first-order valence-electron chi connectivity index (χ1n) is 3.69. The number of rotatable bonds is 3. The standard InChI is InChI=1S/C8H12OS2/c1-7(9)3-2-4-8-10-5-6-11-8/h2-3,8H,4-6H2,1H3/b3-2+. The zero-order chi connectivity index (χ0) is 8.10. The second-order valence-corrected chi connectivity index (χ2v) is 5.34. The van der Waals surface area contributed by atoms with Crippen LogP contribution in [0.3, 0.4) is 0 Å². The third-order valence-electron chi connectivity index (χ3n) is 1.37. The lowest BCUT2D eigenvalue weighted by atomic mass is 10.3. The number of carbonyl (C=O) groups excluding carboxylic acids is 1. The van der Waals surface area contributed by atoms with Gasteiger partial charge in [0.15, 0.2) is 5.78 Å². The molecular formula is C8H12OS2. The molecule has 0 aromatic carbocycles. The third kappa shape index (κ3) is 3.87. The summed E-state index contributed by atoms with van der Waals surface area (Å²) in [5, 5.41) is 0. The van der Waals surface area contributed by atoms with Crippen LogP contribution in [-0.4, -0.2) is 21.9 Å². The Morgan fingerprint density at radius 2 is 2.18 bits per heavy atom. The minimum atomic E-state index is 0.151. The number of allylic oxidation sites excluding steroid dienone is 2. The van der Waals surface area contributed by atoms with Crippen LogP contribution in [-0.2, 0) is 4.79 Å². The Morgan fingerprint density at radius 3 is 2.73 bits per heavy atom. The van der Waals surface area contributed by atoms with Crippen LogP contribution in [0.15, 0.2) is 12.2 Å². The fourth-order valence-electron chi connectivity index (χ4n) is 0.888. The van der Waals surface area contributed by atoms with Crippen molar-refractivity contribution in [1.82, 2.24) is 0 Å². The van der Waals surface area contributed by atoms with Crippen LogP contribution < -0.4 is 0 Å². The average Bonchev–Trinajstić information content (AvgIpc) is 2.39. The number of hydrogen-bond acceptors (Lipinski definition) is 3. The van der Waals surface area contributed by atoms with Crippen LogP contribution >= 0.6 is 23.5 Å². The van der Waals surface area contributed by atoms with E-state index in [-0.39, 0.29) is 5.78 Å². The molecule has 0 aliphatic carbocycles. The van der Waals surface area contributed by atoms with E-state index in [0.29, 0.717) is 4.58 Å². The zero-order valence-electron chi connectivity index (χ0n) is 6.58. The lowest BCUT2D eigenvalue weighted by Gasteiger charge is -2.00. The summed E-state index contributed by atoms with van der Waals surface area (Å²) in [6.45, 7) is 1.59. The van der Waals surface area contributed by atoms with Gasteiger partial charge in [0.1, 0.15) is 0 Å². The van der Waals surface area contributed by atoms with Gasteiger partial charge in [-0.1, -0.05) is 6.08 Å². The Balaban J connectivity index is 2.15. The van der Waals surface area contributed by atoms with Crippen molar-refractivity contribution in [3.8, 4) is 0 Å². The Hall–Kier alpha value is 0.110. The van der Waals surface area contributed by atoms with Crippen molar-refractivity contribution in [3.63, 3.8) is 0 Å². The van der Waals surface area contributed by atoms with E-state index in [1.165, 1.54) is 11.5 Å². The van der Waals surface area contributed by atoms with Crippen molar-refractivity contribution in [2.45, 2.75) is 17.9 Å². The van der Waals surface area contributed by atoms with E-state index in [0.717, 1.165) is 6.42 Å². The van der Waals surface area contributed by atoms with Gasteiger partial charge in [-0.05, 0) is 19.4 Å². The summed E-state index contributed by atoms with van der Waals surface area (Å²) in [5.74, 6) is 2.69. The minimum Gasteiger partial charge on any atom is -0.295 e. The highest BCUT2D eigenvalue weighted by atomic mass is 32.2. The molecule has 0 saturated carbocycles. The third-order valence-corrected chi connectivity index (χ3v) is 4.45. The van der Waals surface area contributed by atoms with Crippen molar-refractivity contribution < 1.29 is 4.79 Å². The van der Waals surface area contributed by atoms with Gasteiger partial charge in [-0.25, -0.2) is 0 Å². The van der Waals surface area contributed by atoms with E-state index in [1.807, 2.05) is 29.6 Å². The molecule has 0 N–H and O–H groups in total. The number of hydrogen-bond donors (Lipinski definition) is 0. The predicted molar refractivity (Wildman–Crippen MR) is 53.1 cm³/mol. The van der Waals surface area contributed by atoms with Crippen molar-refractivity contribution in [2.75, 3.05) is 11.5 Å². The molecule has 0 unspecified atom stereocenters. The number of ketones is 1. The molecule has 0 amide bonds. The Bertz CT molecular complexity index is 159. The maximum absolute atomic E-state index is 10.5. The predicted octanol–water partition coefficient (Wildman–Crippen LogP) is 2.33. The Labute approximate surface area is 76.0 Å². The van der Waals surface area contributed by atoms with Crippen LogP contribution in [0.4, 0.5) is 0 Å². The largest absolute Gasteiger partial charge is 0.295 e. The van der Waals surface area contributed by atoms with E-state index in [9.17, 15) is 4.79 Å². The molecule has 0 bridgehead atoms. The first kappa shape index (κ1) is 9.20. The van der Waals surface area contributed by atoms with Crippen LogP contribution in [0.2, 0.25) is 0 Å². The van der Waals surface area contributed by atoms with Crippen molar-refractivity contribution in [1.29, 1.82) is 0 Å². The van der Waals surface area contributed by atoms with Gasteiger partial charge < -0.3 is 0 Å². The monoisotopic (exact) mass is 188 g/mol. The maximum atomic E-state index is 10.5. The molecule has 0 aromatic heterocycles. The summed E-state index contributed by atoms with van der Waals surface area (Å²) in [6.07, 6.45) is 4.69. The van der Waals surface area contributed by atoms with Crippen LogP contribution in [0.1, 0.15) is 13.3 Å². The molecule has 62 valence electrons. The van der Waals surface area contributed by atoms with Gasteiger partial charge in [-0.15, -0.1) is 23.5 Å². The number of thioether (sulfide) groups is 2. The van der Waals surface area contributed by atoms with E-state index in [4.69, 9.17) is 0 Å². The van der Waals surface area contributed by atoms with E-state index >= 15 is 0 Å². The van der Waals surface area contributed by atoms with Gasteiger partial charge in [0, 0.05) is 11.5 Å². The lowest BCUT2D eigenvalue weighted by Crippen LogP contribution is -1.88. The minimum absolute atomic E-state index is 0.151. The van der Waals surface area contributed by atoms with E-state index < -0.39 is 0 Å². The summed E-state index contributed by atoms with van der Waals surface area (Å²) in [7, 11) is 0. The van der Waals surface area contributed by atoms with Gasteiger partial charge >= 0.3 is 0 Å². The molecule has 0 spiro atoms. The number of carbonyl (C=O) groups is 1. The summed E-state index contributed by atoms with van der Waals surface area (Å²) >= 11 is 3.99. The van der Waals surface area contributed by atoms with E-state index in [1.54, 1.807) is 13.0 Å². The van der Waals surface area contributed by atoms with Crippen molar-refractivity contribution in [2.24, 2.45) is 0 Å². The fourth-order valence-corrected chi connectivity index (χ4v) is 3.64. The first-order chi connectivity index (χ1) is 5.29. The molecular weight excluding hydrogens is 176 g/mol. The Morgan fingerprint density at radius 1 is 1.55 bits per heavy atom. The topological polar surface area (TPSA) is 17.1 Å². The summed E-state index contributed by atoms with van der Waals surface area (Å²) in [5.41, 5.74) is 0. The second kappa shape index (κ2) is 4.88. The first-order valence-corrected chi connectivity index (χ1v) is 5.79. The van der Waals surface area contributed by atoms with Gasteiger partial charge in [0.05, 0.1) is 4.58 Å². The highest BCUT2D eigenvalue weighted by Gasteiger charge is 2.13. The van der Waals surface area contributed by atoms with Gasteiger partial charge in [-0.3, -0.25) is 4.79 Å². The molecule has 11 heavy (non-hydrogen) atoms. The molecule has 3 heteroatoms. The van der Waals surface area contributed by atoms with Crippen molar-refractivity contribution >= 4 is 29.3 Å². The van der Waals surface area contributed by atoms with Crippen LogP contribution in [0.25, 0.3) is 0 Å². The molecule has 1 nitrogen and oxygen atoms in total. The molecule has 0 atom stereocenters. The molecule has 1 heterocycles. The zero-order valence-corrected chi connectivity index (χ0v) is 8.21. The summed E-state index contributed by atoms with van der Waals surface area (Å²) in [4.78, 5) is 10.5. The van der Waals surface area contributed by atoms with Crippen molar-refractivity contribution in [3.05, 3.63) is 12.2 Å². The molecule has 0 aromatic rings. The quantitative estimate of drug-likeness (QED) is 0.633. The van der Waals surface area contributed by atoms with Gasteiger partial charge in [-0.2, -0.15) is 0 Å². The smallest absolute Gasteiger partial charge is 0.152 e. The van der Waals surface area contributed by atoms with Crippen LogP contribution in [0.5, 0.6) is 0 Å². The maximum Gasteiger partial charge on any atom is 0.152 e. The lowest BCUT2D eigenvalue weighted by molar-refractivity contribution is -0.112. The highest BCUT2D eigenvalue weighted by Crippen LogP contribution is 2.34. The molecule has 1 fully saturated rings. The summed E-state index contributed by atoms with van der Waals surface area (Å²) < 4.78 is 0.700. The van der Waals surface area contributed by atoms with Gasteiger partial charge in [0.25, 0.3) is 0 Å². The normalized spacial score (nSPS) is 19.7.